The normalized spacial score (nSPS) is 11.9. The zero-order chi connectivity index (χ0) is 20.5. The Bertz CT molecular complexity index is 874. The van der Waals surface area contributed by atoms with Crippen LogP contribution in [0.1, 0.15) is 31.4 Å². The molecule has 0 aliphatic heterocycles. The van der Waals surface area contributed by atoms with Crippen LogP contribution >= 0.6 is 11.6 Å². The van der Waals surface area contributed by atoms with Crippen LogP contribution in [0.2, 0.25) is 5.02 Å². The van der Waals surface area contributed by atoms with E-state index in [0.717, 1.165) is 0 Å². The smallest absolute Gasteiger partial charge is 0.329 e. The van der Waals surface area contributed by atoms with Gasteiger partial charge in [0.1, 0.15) is 18.2 Å². The Labute approximate surface area is 167 Å². The zero-order valence-corrected chi connectivity index (χ0v) is 16.3. The van der Waals surface area contributed by atoms with Crippen LogP contribution in [-0.2, 0) is 16.2 Å². The van der Waals surface area contributed by atoms with E-state index in [0.29, 0.717) is 28.3 Å². The number of hydrogen-bond donors (Lipinski definition) is 2. The van der Waals surface area contributed by atoms with Crippen molar-refractivity contribution in [2.75, 3.05) is 0 Å². The predicted molar refractivity (Wildman–Crippen MR) is 106 cm³/mol. The highest BCUT2D eigenvalue weighted by molar-refractivity contribution is 6.35. The van der Waals surface area contributed by atoms with Gasteiger partial charge in [-0.15, -0.1) is 0 Å². The first-order valence-electron chi connectivity index (χ1n) is 8.69. The average molecular weight is 406 g/mol. The summed E-state index contributed by atoms with van der Waals surface area (Å²) < 4.78 is 18.8. The fourth-order valence-electron chi connectivity index (χ4n) is 2.11. The number of hydrogen-bond acceptors (Lipinski definition) is 4. The van der Waals surface area contributed by atoms with Crippen LogP contribution in [0, 0.1) is 5.82 Å². The standard InChI is InChI=1S/C20H21ClFN3O3/c1-3-13(2)24-19(26)20(27)25-23-11-14-7-8-18(17(21)10-14)28-12-15-5-4-6-16(22)9-15/h4-11,13H,3,12H2,1-2H3,(H,24,26)(H,25,27)/b23-11-/t13-/m0/s1. The van der Waals surface area contributed by atoms with Gasteiger partial charge in [-0.25, -0.2) is 9.82 Å². The van der Waals surface area contributed by atoms with E-state index >= 15 is 0 Å². The molecule has 2 aromatic rings. The molecule has 1 atom stereocenters. The van der Waals surface area contributed by atoms with Crippen molar-refractivity contribution in [1.82, 2.24) is 10.7 Å². The second kappa shape index (κ2) is 10.4. The molecule has 0 aromatic heterocycles. The van der Waals surface area contributed by atoms with E-state index < -0.39 is 11.8 Å². The minimum absolute atomic E-state index is 0.0963. The number of nitrogens with zero attached hydrogens (tertiary/aromatic N) is 1. The Kier molecular flexibility index (Phi) is 7.95. The van der Waals surface area contributed by atoms with Crippen LogP contribution in [0.25, 0.3) is 0 Å². The van der Waals surface area contributed by atoms with Gasteiger partial charge in [-0.05, 0) is 54.8 Å². The third-order valence-corrected chi connectivity index (χ3v) is 4.11. The van der Waals surface area contributed by atoms with Crippen molar-refractivity contribution >= 4 is 29.6 Å². The molecule has 0 saturated carbocycles. The van der Waals surface area contributed by atoms with Crippen LogP contribution in [0.3, 0.4) is 0 Å². The molecule has 0 saturated heterocycles. The molecule has 0 heterocycles. The van der Waals surface area contributed by atoms with Crippen molar-refractivity contribution in [3.8, 4) is 5.75 Å². The minimum Gasteiger partial charge on any atom is -0.487 e. The Morgan fingerprint density at radius 3 is 2.71 bits per heavy atom. The van der Waals surface area contributed by atoms with Gasteiger partial charge in [0.2, 0.25) is 0 Å². The lowest BCUT2D eigenvalue weighted by molar-refractivity contribution is -0.139. The topological polar surface area (TPSA) is 79.8 Å². The maximum absolute atomic E-state index is 13.2. The molecule has 2 rings (SSSR count). The minimum atomic E-state index is -0.849. The van der Waals surface area contributed by atoms with Crippen LogP contribution in [0.15, 0.2) is 47.6 Å². The molecule has 0 bridgehead atoms. The highest BCUT2D eigenvalue weighted by Gasteiger charge is 2.14. The number of rotatable bonds is 7. The maximum atomic E-state index is 13.2. The number of amides is 2. The average Bonchev–Trinajstić information content (AvgIpc) is 2.67. The highest BCUT2D eigenvalue weighted by atomic mass is 35.5. The summed E-state index contributed by atoms with van der Waals surface area (Å²) in [5.41, 5.74) is 3.44. The second-order valence-electron chi connectivity index (χ2n) is 6.09. The molecule has 0 radical (unpaired) electrons. The van der Waals surface area contributed by atoms with Crippen molar-refractivity contribution in [3.63, 3.8) is 0 Å². The molecule has 148 valence electrons. The Hall–Kier alpha value is -2.93. The van der Waals surface area contributed by atoms with Crippen molar-refractivity contribution < 1.29 is 18.7 Å². The van der Waals surface area contributed by atoms with Gasteiger partial charge in [0, 0.05) is 6.04 Å². The Morgan fingerprint density at radius 2 is 2.04 bits per heavy atom. The second-order valence-corrected chi connectivity index (χ2v) is 6.50. The zero-order valence-electron chi connectivity index (χ0n) is 15.5. The summed E-state index contributed by atoms with van der Waals surface area (Å²) in [5, 5.41) is 6.62. The van der Waals surface area contributed by atoms with Crippen molar-refractivity contribution in [3.05, 3.63) is 64.4 Å². The van der Waals surface area contributed by atoms with E-state index in [-0.39, 0.29) is 18.5 Å². The van der Waals surface area contributed by atoms with Crippen molar-refractivity contribution in [2.24, 2.45) is 5.10 Å². The lowest BCUT2D eigenvalue weighted by Crippen LogP contribution is -2.41. The monoisotopic (exact) mass is 405 g/mol. The molecule has 2 amide bonds. The third kappa shape index (κ3) is 6.66. The maximum Gasteiger partial charge on any atom is 0.329 e. The van der Waals surface area contributed by atoms with E-state index in [2.05, 4.69) is 15.8 Å². The van der Waals surface area contributed by atoms with E-state index in [1.54, 1.807) is 37.3 Å². The number of carbonyl (C=O) groups is 2. The molecule has 28 heavy (non-hydrogen) atoms. The van der Waals surface area contributed by atoms with Crippen molar-refractivity contribution in [2.45, 2.75) is 32.9 Å². The molecular weight excluding hydrogens is 385 g/mol. The Balaban J connectivity index is 1.90. The summed E-state index contributed by atoms with van der Waals surface area (Å²) >= 11 is 6.18. The van der Waals surface area contributed by atoms with Gasteiger partial charge < -0.3 is 10.1 Å². The molecule has 0 aliphatic carbocycles. The quantitative estimate of drug-likeness (QED) is 0.421. The third-order valence-electron chi connectivity index (χ3n) is 3.82. The van der Waals surface area contributed by atoms with Gasteiger partial charge in [-0.3, -0.25) is 9.59 Å². The molecule has 0 fully saturated rings. The molecule has 2 N–H and O–H groups in total. The van der Waals surface area contributed by atoms with Crippen molar-refractivity contribution in [1.29, 1.82) is 0 Å². The number of carbonyl (C=O) groups excluding carboxylic acids is 2. The van der Waals surface area contributed by atoms with Gasteiger partial charge in [0.25, 0.3) is 0 Å². The first kappa shape index (κ1) is 21.4. The SMILES string of the molecule is CC[C@H](C)NC(=O)C(=O)N/N=C\c1ccc(OCc2cccc(F)c2)c(Cl)c1. The van der Waals surface area contributed by atoms with E-state index in [4.69, 9.17) is 16.3 Å². The highest BCUT2D eigenvalue weighted by Crippen LogP contribution is 2.25. The summed E-state index contributed by atoms with van der Waals surface area (Å²) in [4.78, 5) is 23.2. The molecule has 6 nitrogen and oxygen atoms in total. The predicted octanol–water partition coefficient (Wildman–Crippen LogP) is 3.42. The summed E-state index contributed by atoms with van der Waals surface area (Å²) in [7, 11) is 0. The van der Waals surface area contributed by atoms with Crippen LogP contribution < -0.4 is 15.5 Å². The molecule has 0 spiro atoms. The lowest BCUT2D eigenvalue weighted by Gasteiger charge is -2.09. The van der Waals surface area contributed by atoms with Crippen LogP contribution in [0.4, 0.5) is 4.39 Å². The lowest BCUT2D eigenvalue weighted by atomic mass is 10.2. The first-order valence-corrected chi connectivity index (χ1v) is 9.07. The van der Waals surface area contributed by atoms with Gasteiger partial charge in [-0.2, -0.15) is 5.10 Å². The fraction of sp³-hybridized carbons (Fsp3) is 0.250. The van der Waals surface area contributed by atoms with E-state index in [9.17, 15) is 14.0 Å². The van der Waals surface area contributed by atoms with E-state index in [1.807, 2.05) is 6.92 Å². The number of hydrazone groups is 1. The summed E-state index contributed by atoms with van der Waals surface area (Å²) in [6.45, 7) is 3.87. The van der Waals surface area contributed by atoms with Crippen LogP contribution in [-0.4, -0.2) is 24.1 Å². The van der Waals surface area contributed by atoms with Gasteiger partial charge >= 0.3 is 11.8 Å². The first-order chi connectivity index (χ1) is 13.4. The van der Waals surface area contributed by atoms with Gasteiger partial charge in [0.05, 0.1) is 11.2 Å². The Morgan fingerprint density at radius 1 is 1.25 bits per heavy atom. The molecule has 2 aromatic carbocycles. The number of nitrogens with one attached hydrogen (secondary N) is 2. The van der Waals surface area contributed by atoms with E-state index in [1.165, 1.54) is 18.3 Å². The van der Waals surface area contributed by atoms with Gasteiger partial charge in [0.15, 0.2) is 0 Å². The molecule has 0 unspecified atom stereocenters. The summed E-state index contributed by atoms with van der Waals surface area (Å²) in [6, 6.07) is 10.9. The van der Waals surface area contributed by atoms with Crippen LogP contribution in [0.5, 0.6) is 5.75 Å². The molecule has 0 aliphatic rings. The fourth-order valence-corrected chi connectivity index (χ4v) is 2.35. The number of ether oxygens (including phenoxy) is 1. The number of benzene rings is 2. The largest absolute Gasteiger partial charge is 0.487 e. The number of halogens is 2. The molecule has 8 heteroatoms. The van der Waals surface area contributed by atoms with Gasteiger partial charge in [-0.1, -0.05) is 30.7 Å². The summed E-state index contributed by atoms with van der Waals surface area (Å²) in [6.07, 6.45) is 2.07. The summed E-state index contributed by atoms with van der Waals surface area (Å²) in [5.74, 6) is -1.50. The molecular formula is C20H21ClFN3O3.